The highest BCUT2D eigenvalue weighted by molar-refractivity contribution is 5.86. The van der Waals surface area contributed by atoms with Crippen molar-refractivity contribution >= 4 is 5.97 Å². The summed E-state index contributed by atoms with van der Waals surface area (Å²) in [5, 5.41) is 18.6. The minimum atomic E-state index is -0.977. The fraction of sp³-hybridized carbons (Fsp3) is 0.364. The van der Waals surface area contributed by atoms with E-state index >= 15 is 0 Å². The molecular formula is C11H11FO3. The highest BCUT2D eigenvalue weighted by Gasteiger charge is 2.53. The smallest absolute Gasteiger partial charge is 0.314 e. The number of halogens is 1. The molecule has 2 rings (SSSR count). The van der Waals surface area contributed by atoms with E-state index in [0.29, 0.717) is 24.0 Å². The fourth-order valence-electron chi connectivity index (χ4n) is 1.77. The molecule has 0 aromatic heterocycles. The minimum Gasteiger partial charge on any atom is -0.508 e. The monoisotopic (exact) mass is 210 g/mol. The molecule has 0 saturated heterocycles. The maximum atomic E-state index is 12.4. The van der Waals surface area contributed by atoms with Gasteiger partial charge in [0.1, 0.15) is 12.4 Å². The van der Waals surface area contributed by atoms with Gasteiger partial charge >= 0.3 is 5.97 Å². The number of hydrogen-bond donors (Lipinski definition) is 2. The molecule has 1 aromatic carbocycles. The van der Waals surface area contributed by atoms with E-state index in [1.54, 1.807) is 0 Å². The molecule has 1 aromatic rings. The maximum Gasteiger partial charge on any atom is 0.314 e. The Kier molecular flexibility index (Phi) is 2.14. The summed E-state index contributed by atoms with van der Waals surface area (Å²) in [7, 11) is 0. The SMILES string of the molecule is O=C(O)C1(c2cc(CF)ccc2O)CC1. The lowest BCUT2D eigenvalue weighted by molar-refractivity contribution is -0.140. The van der Waals surface area contributed by atoms with Crippen LogP contribution >= 0.6 is 0 Å². The number of aromatic hydroxyl groups is 1. The van der Waals surface area contributed by atoms with Gasteiger partial charge in [-0.3, -0.25) is 4.79 Å². The van der Waals surface area contributed by atoms with Gasteiger partial charge < -0.3 is 10.2 Å². The van der Waals surface area contributed by atoms with Crippen LogP contribution in [0.4, 0.5) is 4.39 Å². The maximum absolute atomic E-state index is 12.4. The van der Waals surface area contributed by atoms with E-state index in [4.69, 9.17) is 5.11 Å². The van der Waals surface area contributed by atoms with Gasteiger partial charge in [0.15, 0.2) is 0 Å². The molecule has 3 nitrogen and oxygen atoms in total. The molecule has 1 aliphatic rings. The van der Waals surface area contributed by atoms with E-state index in [0.717, 1.165) is 0 Å². The lowest BCUT2D eigenvalue weighted by Gasteiger charge is -2.12. The van der Waals surface area contributed by atoms with Gasteiger partial charge in [0.2, 0.25) is 0 Å². The average Bonchev–Trinajstić information content (AvgIpc) is 2.99. The normalized spacial score (nSPS) is 17.4. The summed E-state index contributed by atoms with van der Waals surface area (Å²) in [4.78, 5) is 11.0. The van der Waals surface area contributed by atoms with Crippen LogP contribution in [0.3, 0.4) is 0 Å². The summed E-state index contributed by atoms with van der Waals surface area (Å²) in [5.41, 5.74) is -0.240. The Morgan fingerprint density at radius 3 is 2.60 bits per heavy atom. The Hall–Kier alpha value is -1.58. The molecule has 4 heteroatoms. The fourth-order valence-corrected chi connectivity index (χ4v) is 1.77. The van der Waals surface area contributed by atoms with Crippen molar-refractivity contribution in [1.82, 2.24) is 0 Å². The summed E-state index contributed by atoms with van der Waals surface area (Å²) < 4.78 is 12.4. The predicted octanol–water partition coefficient (Wildman–Crippen LogP) is 1.98. The summed E-state index contributed by atoms with van der Waals surface area (Å²) in [6, 6.07) is 4.25. The van der Waals surface area contributed by atoms with Crippen molar-refractivity contribution in [3.63, 3.8) is 0 Å². The molecule has 0 atom stereocenters. The van der Waals surface area contributed by atoms with E-state index < -0.39 is 18.1 Å². The zero-order valence-electron chi connectivity index (χ0n) is 8.03. The first-order valence-electron chi connectivity index (χ1n) is 4.72. The number of benzene rings is 1. The van der Waals surface area contributed by atoms with E-state index in [2.05, 4.69) is 0 Å². The third-order valence-electron chi connectivity index (χ3n) is 2.89. The van der Waals surface area contributed by atoms with E-state index in [9.17, 15) is 14.3 Å². The van der Waals surface area contributed by atoms with Crippen molar-refractivity contribution in [3.05, 3.63) is 29.3 Å². The molecule has 0 spiro atoms. The third kappa shape index (κ3) is 1.46. The van der Waals surface area contributed by atoms with E-state index in [1.165, 1.54) is 18.2 Å². The van der Waals surface area contributed by atoms with Crippen LogP contribution in [0.2, 0.25) is 0 Å². The molecule has 80 valence electrons. The molecule has 0 unspecified atom stereocenters. The quantitative estimate of drug-likeness (QED) is 0.801. The number of aliphatic carboxylic acids is 1. The first kappa shape index (κ1) is 9.96. The zero-order chi connectivity index (χ0) is 11.1. The Morgan fingerprint density at radius 1 is 1.47 bits per heavy atom. The highest BCUT2D eigenvalue weighted by atomic mass is 19.1. The molecule has 0 bridgehead atoms. The number of hydrogen-bond acceptors (Lipinski definition) is 2. The van der Waals surface area contributed by atoms with Crippen molar-refractivity contribution in [1.29, 1.82) is 0 Å². The van der Waals surface area contributed by atoms with Crippen LogP contribution in [-0.2, 0) is 16.9 Å². The van der Waals surface area contributed by atoms with Gasteiger partial charge in [-0.25, -0.2) is 4.39 Å². The molecule has 0 heterocycles. The zero-order valence-corrected chi connectivity index (χ0v) is 8.03. The van der Waals surface area contributed by atoms with Crippen LogP contribution in [0.25, 0.3) is 0 Å². The van der Waals surface area contributed by atoms with Gasteiger partial charge in [-0.05, 0) is 30.5 Å². The van der Waals surface area contributed by atoms with Gasteiger partial charge in [0.25, 0.3) is 0 Å². The second-order valence-electron chi connectivity index (χ2n) is 3.87. The van der Waals surface area contributed by atoms with Gasteiger partial charge in [-0.15, -0.1) is 0 Å². The Balaban J connectivity index is 2.47. The first-order chi connectivity index (χ1) is 7.10. The number of phenols is 1. The summed E-state index contributed by atoms with van der Waals surface area (Å²) in [6.45, 7) is -0.650. The summed E-state index contributed by atoms with van der Waals surface area (Å²) >= 11 is 0. The van der Waals surface area contributed by atoms with Crippen molar-refractivity contribution in [2.45, 2.75) is 24.9 Å². The lowest BCUT2D eigenvalue weighted by Crippen LogP contribution is -2.19. The summed E-state index contributed by atoms with van der Waals surface area (Å²) in [5.74, 6) is -1.01. The Labute approximate surface area is 86.2 Å². The van der Waals surface area contributed by atoms with Crippen molar-refractivity contribution < 1.29 is 19.4 Å². The van der Waals surface area contributed by atoms with Crippen LogP contribution in [-0.4, -0.2) is 16.2 Å². The molecule has 0 aliphatic heterocycles. The number of carboxylic acids is 1. The molecular weight excluding hydrogens is 199 g/mol. The number of phenolic OH excluding ortho intramolecular Hbond substituents is 1. The summed E-state index contributed by atoms with van der Waals surface area (Å²) in [6.07, 6.45) is 1.01. The molecule has 0 radical (unpaired) electrons. The van der Waals surface area contributed by atoms with Crippen LogP contribution in [0.15, 0.2) is 18.2 Å². The predicted molar refractivity (Wildman–Crippen MR) is 51.5 cm³/mol. The third-order valence-corrected chi connectivity index (χ3v) is 2.89. The molecule has 1 fully saturated rings. The topological polar surface area (TPSA) is 57.5 Å². The van der Waals surface area contributed by atoms with Gasteiger partial charge in [-0.1, -0.05) is 6.07 Å². The second kappa shape index (κ2) is 3.22. The van der Waals surface area contributed by atoms with Crippen molar-refractivity contribution in [2.75, 3.05) is 0 Å². The molecule has 0 amide bonds. The number of carbonyl (C=O) groups is 1. The Bertz CT molecular complexity index is 410. The van der Waals surface area contributed by atoms with Gasteiger partial charge in [-0.2, -0.15) is 0 Å². The molecule has 15 heavy (non-hydrogen) atoms. The molecule has 2 N–H and O–H groups in total. The van der Waals surface area contributed by atoms with Crippen LogP contribution in [0.5, 0.6) is 5.75 Å². The van der Waals surface area contributed by atoms with Crippen LogP contribution in [0, 0.1) is 0 Å². The number of carboxylic acid groups (broad SMARTS) is 1. The van der Waals surface area contributed by atoms with Crippen molar-refractivity contribution in [3.8, 4) is 5.75 Å². The minimum absolute atomic E-state index is 0.0629. The second-order valence-corrected chi connectivity index (χ2v) is 3.87. The average molecular weight is 210 g/mol. The lowest BCUT2D eigenvalue weighted by atomic mass is 9.93. The standard InChI is InChI=1S/C11H11FO3/c12-6-7-1-2-9(13)8(5-7)11(3-4-11)10(14)15/h1-2,5,13H,3-4,6H2,(H,14,15). The van der Waals surface area contributed by atoms with Crippen molar-refractivity contribution in [2.24, 2.45) is 0 Å². The molecule has 1 saturated carbocycles. The highest BCUT2D eigenvalue weighted by Crippen LogP contribution is 2.51. The van der Waals surface area contributed by atoms with Gasteiger partial charge in [0.05, 0.1) is 5.41 Å². The van der Waals surface area contributed by atoms with E-state index in [-0.39, 0.29) is 5.75 Å². The largest absolute Gasteiger partial charge is 0.508 e. The van der Waals surface area contributed by atoms with Gasteiger partial charge in [0, 0.05) is 5.56 Å². The van der Waals surface area contributed by atoms with Crippen LogP contribution in [0.1, 0.15) is 24.0 Å². The van der Waals surface area contributed by atoms with Crippen LogP contribution < -0.4 is 0 Å². The number of rotatable bonds is 3. The Morgan fingerprint density at radius 2 is 2.13 bits per heavy atom. The van der Waals surface area contributed by atoms with E-state index in [1.807, 2.05) is 0 Å². The first-order valence-corrected chi connectivity index (χ1v) is 4.72. The molecule has 1 aliphatic carbocycles. The number of alkyl halides is 1.